The van der Waals surface area contributed by atoms with Crippen LogP contribution >= 0.6 is 0 Å². The lowest BCUT2D eigenvalue weighted by atomic mass is 9.90. The summed E-state index contributed by atoms with van der Waals surface area (Å²) in [5, 5.41) is 3.57. The molecule has 0 amide bonds. The average Bonchev–Trinajstić information content (AvgIpc) is 3.02. The van der Waals surface area contributed by atoms with Crippen molar-refractivity contribution in [3.63, 3.8) is 0 Å². The predicted molar refractivity (Wildman–Crippen MR) is 72.0 cm³/mol. The molecular formula is C13H16F3N5. The van der Waals surface area contributed by atoms with Crippen LogP contribution in [0.5, 0.6) is 0 Å². The van der Waals surface area contributed by atoms with Crippen LogP contribution in [-0.4, -0.2) is 34.2 Å². The molecule has 8 heteroatoms. The lowest BCUT2D eigenvalue weighted by Crippen LogP contribution is -2.31. The van der Waals surface area contributed by atoms with E-state index in [0.717, 1.165) is 19.0 Å². The molecule has 3 heterocycles. The van der Waals surface area contributed by atoms with Crippen LogP contribution in [0.15, 0.2) is 18.5 Å². The molecule has 1 aliphatic rings. The quantitative estimate of drug-likeness (QED) is 0.920. The number of anilines is 1. The third-order valence-electron chi connectivity index (χ3n) is 4.01. The Morgan fingerprint density at radius 1 is 1.43 bits per heavy atom. The Morgan fingerprint density at radius 2 is 2.19 bits per heavy atom. The molecule has 1 fully saturated rings. The van der Waals surface area contributed by atoms with Crippen LogP contribution in [0, 0.1) is 5.41 Å². The van der Waals surface area contributed by atoms with E-state index in [1.54, 1.807) is 0 Å². The number of rotatable bonds is 2. The third kappa shape index (κ3) is 2.44. The first-order valence-electron chi connectivity index (χ1n) is 6.69. The van der Waals surface area contributed by atoms with Gasteiger partial charge in [0.1, 0.15) is 5.52 Å². The van der Waals surface area contributed by atoms with Crippen molar-refractivity contribution in [2.75, 3.05) is 24.5 Å². The summed E-state index contributed by atoms with van der Waals surface area (Å²) in [6.07, 6.45) is -0.674. The van der Waals surface area contributed by atoms with Crippen LogP contribution in [0.2, 0.25) is 0 Å². The molecule has 0 aliphatic carbocycles. The van der Waals surface area contributed by atoms with Crippen molar-refractivity contribution in [1.82, 2.24) is 14.6 Å². The van der Waals surface area contributed by atoms with Crippen molar-refractivity contribution >= 4 is 11.3 Å². The standard InChI is InChI=1S/C13H16F3N5/c1-12(7-17)2-4-20(8-12)11-9-6-10(13(14,15)16)19-21(9)5-3-18-11/h3,5-6H,2,4,7-8,17H2,1H3. The van der Waals surface area contributed by atoms with Crippen molar-refractivity contribution in [2.45, 2.75) is 19.5 Å². The van der Waals surface area contributed by atoms with Crippen molar-refractivity contribution < 1.29 is 13.2 Å². The van der Waals surface area contributed by atoms with E-state index in [0.29, 0.717) is 24.4 Å². The maximum atomic E-state index is 12.8. The highest BCUT2D eigenvalue weighted by Gasteiger charge is 2.36. The maximum Gasteiger partial charge on any atom is 0.435 e. The van der Waals surface area contributed by atoms with Crippen LogP contribution in [0.25, 0.3) is 5.52 Å². The lowest BCUT2D eigenvalue weighted by molar-refractivity contribution is -0.141. The van der Waals surface area contributed by atoms with E-state index in [4.69, 9.17) is 5.73 Å². The zero-order chi connectivity index (χ0) is 15.3. The molecule has 0 radical (unpaired) electrons. The van der Waals surface area contributed by atoms with E-state index in [1.165, 1.54) is 16.9 Å². The second-order valence-corrected chi connectivity index (χ2v) is 5.79. The van der Waals surface area contributed by atoms with Crippen LogP contribution in [0.4, 0.5) is 19.0 Å². The molecule has 114 valence electrons. The minimum Gasteiger partial charge on any atom is -0.354 e. The summed E-state index contributed by atoms with van der Waals surface area (Å²) in [5.41, 5.74) is 5.20. The van der Waals surface area contributed by atoms with Gasteiger partial charge in [0.05, 0.1) is 0 Å². The predicted octanol–water partition coefficient (Wildman–Crippen LogP) is 1.92. The number of fused-ring (bicyclic) bond motifs is 1. The van der Waals surface area contributed by atoms with Gasteiger partial charge in [-0.1, -0.05) is 6.92 Å². The summed E-state index contributed by atoms with van der Waals surface area (Å²) < 4.78 is 39.6. The van der Waals surface area contributed by atoms with Gasteiger partial charge >= 0.3 is 6.18 Å². The van der Waals surface area contributed by atoms with Crippen molar-refractivity contribution in [2.24, 2.45) is 11.1 Å². The van der Waals surface area contributed by atoms with Gasteiger partial charge in [0.15, 0.2) is 11.5 Å². The molecule has 2 aromatic heterocycles. The molecule has 0 spiro atoms. The molecule has 3 rings (SSSR count). The summed E-state index contributed by atoms with van der Waals surface area (Å²) in [6, 6.07) is 1.04. The van der Waals surface area contributed by atoms with Gasteiger partial charge in [-0.15, -0.1) is 0 Å². The zero-order valence-corrected chi connectivity index (χ0v) is 11.6. The summed E-state index contributed by atoms with van der Waals surface area (Å²) in [5.74, 6) is 0.526. The molecule has 0 saturated carbocycles. The number of nitrogens with zero attached hydrogens (tertiary/aromatic N) is 4. The van der Waals surface area contributed by atoms with Crippen molar-refractivity contribution in [3.8, 4) is 0 Å². The Kier molecular flexibility index (Phi) is 3.09. The highest BCUT2D eigenvalue weighted by molar-refractivity contribution is 5.69. The van der Waals surface area contributed by atoms with Gasteiger partial charge in [0, 0.05) is 31.5 Å². The van der Waals surface area contributed by atoms with Crippen LogP contribution in [-0.2, 0) is 6.18 Å². The minimum absolute atomic E-state index is 0.0264. The molecule has 1 unspecified atom stereocenters. The molecule has 1 saturated heterocycles. The van der Waals surface area contributed by atoms with Gasteiger partial charge in [-0.25, -0.2) is 9.50 Å². The summed E-state index contributed by atoms with van der Waals surface area (Å²) in [6.45, 7) is 4.03. The Hall–Kier alpha value is -1.83. The average molecular weight is 299 g/mol. The van der Waals surface area contributed by atoms with Gasteiger partial charge < -0.3 is 10.6 Å². The second kappa shape index (κ2) is 4.59. The van der Waals surface area contributed by atoms with E-state index < -0.39 is 11.9 Å². The topological polar surface area (TPSA) is 59.5 Å². The first-order valence-corrected chi connectivity index (χ1v) is 6.69. The normalized spacial score (nSPS) is 23.2. The second-order valence-electron chi connectivity index (χ2n) is 5.79. The largest absolute Gasteiger partial charge is 0.435 e. The molecule has 2 N–H and O–H groups in total. The first kappa shape index (κ1) is 14.1. The van der Waals surface area contributed by atoms with E-state index in [9.17, 15) is 13.2 Å². The highest BCUT2D eigenvalue weighted by Crippen LogP contribution is 2.35. The summed E-state index contributed by atoms with van der Waals surface area (Å²) >= 11 is 0. The Labute approximate surface area is 119 Å². The smallest absolute Gasteiger partial charge is 0.354 e. The number of halogens is 3. The van der Waals surface area contributed by atoms with Crippen LogP contribution < -0.4 is 10.6 Å². The van der Waals surface area contributed by atoms with Crippen molar-refractivity contribution in [1.29, 1.82) is 0 Å². The number of hydrogen-bond donors (Lipinski definition) is 1. The van der Waals surface area contributed by atoms with Crippen LogP contribution in [0.3, 0.4) is 0 Å². The fraction of sp³-hybridized carbons (Fsp3) is 0.538. The van der Waals surface area contributed by atoms with Gasteiger partial charge in [0.25, 0.3) is 0 Å². The van der Waals surface area contributed by atoms with Gasteiger partial charge in [-0.3, -0.25) is 0 Å². The van der Waals surface area contributed by atoms with Gasteiger partial charge in [-0.2, -0.15) is 18.3 Å². The lowest BCUT2D eigenvalue weighted by Gasteiger charge is -2.23. The minimum atomic E-state index is -4.46. The highest BCUT2D eigenvalue weighted by atomic mass is 19.4. The molecule has 21 heavy (non-hydrogen) atoms. The van der Waals surface area contributed by atoms with Gasteiger partial charge in [0.2, 0.25) is 0 Å². The number of aromatic nitrogens is 3. The summed E-state index contributed by atoms with van der Waals surface area (Å²) in [7, 11) is 0. The van der Waals surface area contributed by atoms with E-state index in [1.807, 2.05) is 4.90 Å². The molecule has 0 aromatic carbocycles. The van der Waals surface area contributed by atoms with E-state index in [-0.39, 0.29) is 5.41 Å². The third-order valence-corrected chi connectivity index (χ3v) is 4.01. The van der Waals surface area contributed by atoms with Crippen LogP contribution in [0.1, 0.15) is 19.0 Å². The molecule has 5 nitrogen and oxygen atoms in total. The van der Waals surface area contributed by atoms with E-state index >= 15 is 0 Å². The Balaban J connectivity index is 2.02. The molecule has 2 aromatic rings. The van der Waals surface area contributed by atoms with Gasteiger partial charge in [-0.05, 0) is 18.4 Å². The molecule has 0 bridgehead atoms. The SMILES string of the molecule is CC1(CN)CCN(c2nccn3nc(C(F)(F)F)cc23)C1. The zero-order valence-electron chi connectivity index (χ0n) is 11.6. The first-order chi connectivity index (χ1) is 9.82. The fourth-order valence-electron chi connectivity index (χ4n) is 2.66. The van der Waals surface area contributed by atoms with E-state index in [2.05, 4.69) is 17.0 Å². The number of nitrogens with two attached hydrogens (primary N) is 1. The maximum absolute atomic E-state index is 12.8. The number of alkyl halides is 3. The molecule has 1 atom stereocenters. The van der Waals surface area contributed by atoms with Crippen molar-refractivity contribution in [3.05, 3.63) is 24.2 Å². The monoisotopic (exact) mass is 299 g/mol. The number of hydrogen-bond acceptors (Lipinski definition) is 4. The Morgan fingerprint density at radius 3 is 2.81 bits per heavy atom. The fourth-order valence-corrected chi connectivity index (χ4v) is 2.66. The molecule has 1 aliphatic heterocycles. The molecular weight excluding hydrogens is 283 g/mol. The Bertz CT molecular complexity index is 665. The summed E-state index contributed by atoms with van der Waals surface area (Å²) in [4.78, 5) is 6.22.